The fourth-order valence-corrected chi connectivity index (χ4v) is 5.04. The third-order valence-electron chi connectivity index (χ3n) is 5.68. The Hall–Kier alpha value is -4.47. The Morgan fingerprint density at radius 2 is 1.81 bits per heavy atom. The van der Waals surface area contributed by atoms with Gasteiger partial charge in [-0.1, -0.05) is 0 Å². The van der Waals surface area contributed by atoms with Crippen LogP contribution in [0.4, 0.5) is 0 Å². The van der Waals surface area contributed by atoms with E-state index in [4.69, 9.17) is 9.84 Å². The summed E-state index contributed by atoms with van der Waals surface area (Å²) in [5.74, 6) is -2.03. The van der Waals surface area contributed by atoms with Crippen molar-refractivity contribution in [3.05, 3.63) is 79.3 Å². The maximum Gasteiger partial charge on any atom is 0.348 e. The van der Waals surface area contributed by atoms with Gasteiger partial charge >= 0.3 is 11.9 Å². The van der Waals surface area contributed by atoms with Crippen LogP contribution in [-0.4, -0.2) is 34.0 Å². The zero-order valence-corrected chi connectivity index (χ0v) is 21.0. The second kappa shape index (κ2) is 10.9. The predicted molar refractivity (Wildman–Crippen MR) is 134 cm³/mol. The molecule has 1 aromatic carbocycles. The number of carboxylic acids is 1. The van der Waals surface area contributed by atoms with Gasteiger partial charge in [0.1, 0.15) is 17.0 Å². The van der Waals surface area contributed by atoms with Gasteiger partial charge in [-0.2, -0.15) is 10.5 Å². The zero-order valence-electron chi connectivity index (χ0n) is 20.2. The van der Waals surface area contributed by atoms with E-state index in [0.29, 0.717) is 16.0 Å². The topological polar surface area (TPSA) is 133 Å². The Labute approximate surface area is 212 Å². The van der Waals surface area contributed by atoms with Crippen LogP contribution in [0.15, 0.2) is 35.9 Å². The Balaban J connectivity index is 1.94. The lowest BCUT2D eigenvalue weighted by Crippen LogP contribution is -2.05. The first-order chi connectivity index (χ1) is 17.1. The van der Waals surface area contributed by atoms with Crippen LogP contribution in [0.5, 0.6) is 0 Å². The van der Waals surface area contributed by atoms with Crippen molar-refractivity contribution in [1.82, 2.24) is 4.57 Å². The number of nitrogens with zero attached hydrogens (tertiary/aromatic N) is 3. The van der Waals surface area contributed by atoms with E-state index >= 15 is 0 Å². The Bertz CT molecular complexity index is 1480. The molecule has 0 saturated carbocycles. The largest absolute Gasteiger partial charge is 0.478 e. The standard InChI is InChI=1S/C27H23N3O5S/c1-5-35-27(34)25-16(3)22(14-29)24(36-25)12-23(31)20(13-28)11-19-10-15(2)30(17(19)4)21-8-6-18(7-9-21)26(32)33/h6-11H,5,12H2,1-4H3,(H,32,33). The number of benzene rings is 1. The fraction of sp³-hybridized carbons (Fsp3) is 0.222. The van der Waals surface area contributed by atoms with E-state index in [-0.39, 0.29) is 34.6 Å². The average molecular weight is 502 g/mol. The Kier molecular flexibility index (Phi) is 7.88. The van der Waals surface area contributed by atoms with Gasteiger partial charge in [0.05, 0.1) is 23.3 Å². The summed E-state index contributed by atoms with van der Waals surface area (Å²) in [6.45, 7) is 7.21. The van der Waals surface area contributed by atoms with Gasteiger partial charge in [-0.25, -0.2) is 9.59 Å². The number of aryl methyl sites for hydroxylation is 1. The van der Waals surface area contributed by atoms with E-state index in [2.05, 4.69) is 6.07 Å². The summed E-state index contributed by atoms with van der Waals surface area (Å²) in [6.07, 6.45) is 1.31. The number of hydrogen-bond acceptors (Lipinski definition) is 7. The molecule has 0 bridgehead atoms. The number of nitriles is 2. The van der Waals surface area contributed by atoms with Crippen LogP contribution in [-0.2, 0) is 16.0 Å². The first-order valence-electron chi connectivity index (χ1n) is 11.0. The number of thiophene rings is 1. The molecule has 3 rings (SSSR count). The first kappa shape index (κ1) is 26.1. The molecule has 0 radical (unpaired) electrons. The molecule has 3 aromatic rings. The summed E-state index contributed by atoms with van der Waals surface area (Å²) < 4.78 is 6.94. The number of aromatic carboxylic acids is 1. The second-order valence-corrected chi connectivity index (χ2v) is 9.08. The van der Waals surface area contributed by atoms with Gasteiger partial charge in [0.2, 0.25) is 0 Å². The molecule has 2 aromatic heterocycles. The number of ketones is 1. The molecule has 182 valence electrons. The van der Waals surface area contributed by atoms with Crippen LogP contribution < -0.4 is 0 Å². The van der Waals surface area contributed by atoms with Gasteiger partial charge in [0.15, 0.2) is 5.78 Å². The Morgan fingerprint density at radius 3 is 2.36 bits per heavy atom. The summed E-state index contributed by atoms with van der Waals surface area (Å²) in [5.41, 5.74) is 3.82. The monoisotopic (exact) mass is 501 g/mol. The summed E-state index contributed by atoms with van der Waals surface area (Å²) in [5, 5.41) is 28.4. The van der Waals surface area contributed by atoms with Crippen LogP contribution in [0, 0.1) is 43.4 Å². The smallest absolute Gasteiger partial charge is 0.348 e. The number of ether oxygens (including phenoxy) is 1. The van der Waals surface area contributed by atoms with Gasteiger partial charge < -0.3 is 14.4 Å². The van der Waals surface area contributed by atoms with Gasteiger partial charge in [-0.15, -0.1) is 11.3 Å². The molecule has 0 spiro atoms. The summed E-state index contributed by atoms with van der Waals surface area (Å²) in [7, 11) is 0. The summed E-state index contributed by atoms with van der Waals surface area (Å²) >= 11 is 1.03. The number of hydrogen-bond donors (Lipinski definition) is 1. The van der Waals surface area contributed by atoms with E-state index in [9.17, 15) is 24.9 Å². The molecular weight excluding hydrogens is 478 g/mol. The minimum atomic E-state index is -1.02. The molecule has 0 fully saturated rings. The molecule has 2 heterocycles. The van der Waals surface area contributed by atoms with Crippen molar-refractivity contribution >= 4 is 35.1 Å². The molecule has 0 saturated heterocycles. The predicted octanol–water partition coefficient (Wildman–Crippen LogP) is 4.93. The normalized spacial score (nSPS) is 11.0. The van der Waals surface area contributed by atoms with Crippen LogP contribution in [0.3, 0.4) is 0 Å². The molecular formula is C27H23N3O5S. The van der Waals surface area contributed by atoms with E-state index < -0.39 is 17.7 Å². The van der Waals surface area contributed by atoms with Crippen LogP contribution in [0.1, 0.15) is 59.9 Å². The van der Waals surface area contributed by atoms with Crippen molar-refractivity contribution in [1.29, 1.82) is 10.5 Å². The lowest BCUT2D eigenvalue weighted by Gasteiger charge is -2.10. The average Bonchev–Trinajstić information content (AvgIpc) is 3.31. The highest BCUT2D eigenvalue weighted by Gasteiger charge is 2.24. The number of carbonyl (C=O) groups is 3. The highest BCUT2D eigenvalue weighted by atomic mass is 32.1. The number of carboxylic acid groups (broad SMARTS) is 1. The molecule has 0 atom stereocenters. The maximum absolute atomic E-state index is 13.0. The number of esters is 1. The second-order valence-electron chi connectivity index (χ2n) is 7.97. The third kappa shape index (κ3) is 5.12. The highest BCUT2D eigenvalue weighted by Crippen LogP contribution is 2.30. The van der Waals surface area contributed by atoms with E-state index in [1.165, 1.54) is 18.2 Å². The lowest BCUT2D eigenvalue weighted by molar-refractivity contribution is -0.114. The number of aromatic nitrogens is 1. The summed E-state index contributed by atoms with van der Waals surface area (Å²) in [4.78, 5) is 37.1. The van der Waals surface area contributed by atoms with Crippen LogP contribution in [0.25, 0.3) is 11.8 Å². The number of Topliss-reactive ketones (excluding diaryl/α,β-unsaturated/α-hetero) is 1. The summed E-state index contributed by atoms with van der Waals surface area (Å²) in [6, 6.07) is 12.2. The Morgan fingerprint density at radius 1 is 1.14 bits per heavy atom. The molecule has 0 aliphatic carbocycles. The van der Waals surface area contributed by atoms with E-state index in [1.807, 2.05) is 30.6 Å². The molecule has 0 aliphatic heterocycles. The van der Waals surface area contributed by atoms with Gasteiger partial charge in [-0.05, 0) is 75.2 Å². The maximum atomic E-state index is 13.0. The van der Waals surface area contributed by atoms with Crippen molar-refractivity contribution in [3.63, 3.8) is 0 Å². The van der Waals surface area contributed by atoms with Gasteiger partial charge in [-0.3, -0.25) is 4.79 Å². The third-order valence-corrected chi connectivity index (χ3v) is 6.95. The lowest BCUT2D eigenvalue weighted by atomic mass is 10.0. The minimum absolute atomic E-state index is 0.0795. The van der Waals surface area contributed by atoms with Crippen LogP contribution >= 0.6 is 11.3 Å². The van der Waals surface area contributed by atoms with Crippen molar-refractivity contribution in [2.45, 2.75) is 34.1 Å². The molecule has 0 amide bonds. The fourth-order valence-electron chi connectivity index (χ4n) is 3.89. The molecule has 1 N–H and O–H groups in total. The zero-order chi connectivity index (χ0) is 26.6. The molecule has 9 heteroatoms. The molecule has 36 heavy (non-hydrogen) atoms. The number of carbonyl (C=O) groups excluding carboxylic acids is 2. The first-order valence-corrected chi connectivity index (χ1v) is 11.8. The van der Waals surface area contributed by atoms with Crippen LogP contribution in [0.2, 0.25) is 0 Å². The van der Waals surface area contributed by atoms with Gasteiger partial charge in [0, 0.05) is 28.4 Å². The highest BCUT2D eigenvalue weighted by molar-refractivity contribution is 7.14. The minimum Gasteiger partial charge on any atom is -0.478 e. The molecule has 8 nitrogen and oxygen atoms in total. The molecule has 0 unspecified atom stereocenters. The van der Waals surface area contributed by atoms with Crippen molar-refractivity contribution in [2.75, 3.05) is 6.61 Å². The quantitative estimate of drug-likeness (QED) is 0.263. The van der Waals surface area contributed by atoms with E-state index in [1.54, 1.807) is 26.0 Å². The van der Waals surface area contributed by atoms with Crippen molar-refractivity contribution in [2.24, 2.45) is 0 Å². The number of allylic oxidation sites excluding steroid dienone is 1. The van der Waals surface area contributed by atoms with Crippen molar-refractivity contribution < 1.29 is 24.2 Å². The number of rotatable bonds is 8. The van der Waals surface area contributed by atoms with Gasteiger partial charge in [0.25, 0.3) is 0 Å². The SMILES string of the molecule is CCOC(=O)c1sc(CC(=O)C(C#N)=Cc2cc(C)n(-c3ccc(C(=O)O)cc3)c2C)c(C#N)c1C. The van der Waals surface area contributed by atoms with E-state index in [0.717, 1.165) is 28.4 Å². The molecule has 0 aliphatic rings. The van der Waals surface area contributed by atoms with Crippen molar-refractivity contribution in [3.8, 4) is 17.8 Å².